The van der Waals surface area contributed by atoms with Crippen molar-refractivity contribution in [2.24, 2.45) is 0 Å². The molecule has 0 aliphatic carbocycles. The Kier molecular flexibility index (Phi) is 7.49. The number of rotatable bonds is 9. The third-order valence-electron chi connectivity index (χ3n) is 2.78. The zero-order valence-corrected chi connectivity index (χ0v) is 13.3. The lowest BCUT2D eigenvalue weighted by molar-refractivity contribution is 0.599. The second-order valence-corrected chi connectivity index (χ2v) is 8.05. The average molecular weight is 301 g/mol. The lowest BCUT2D eigenvalue weighted by atomic mass is 10.2. The number of benzene rings is 1. The number of hydrogen-bond donors (Lipinski definition) is 1. The van der Waals surface area contributed by atoms with Crippen molar-refractivity contribution in [3.8, 4) is 0 Å². The normalized spacial score (nSPS) is 11.7. The first-order valence-electron chi connectivity index (χ1n) is 6.70. The summed E-state index contributed by atoms with van der Waals surface area (Å²) in [7, 11) is -2.84. The molecule has 0 saturated heterocycles. The summed E-state index contributed by atoms with van der Waals surface area (Å²) in [6.07, 6.45) is 1.14. The quantitative estimate of drug-likeness (QED) is 0.563. The minimum absolute atomic E-state index is 0.232. The Morgan fingerprint density at radius 3 is 2.42 bits per heavy atom. The molecule has 0 unspecified atom stereocenters. The molecule has 5 heteroatoms. The fourth-order valence-electron chi connectivity index (χ4n) is 1.54. The van der Waals surface area contributed by atoms with Crippen LogP contribution in [0.3, 0.4) is 0 Å². The van der Waals surface area contributed by atoms with Gasteiger partial charge in [-0.25, -0.2) is 8.42 Å². The molecule has 0 aliphatic heterocycles. The molecule has 0 heterocycles. The van der Waals surface area contributed by atoms with E-state index in [4.69, 9.17) is 0 Å². The van der Waals surface area contributed by atoms with Gasteiger partial charge in [-0.05, 0) is 30.7 Å². The van der Waals surface area contributed by atoms with E-state index in [0.29, 0.717) is 5.75 Å². The number of sulfone groups is 1. The van der Waals surface area contributed by atoms with Crippen molar-refractivity contribution >= 4 is 21.6 Å². The maximum atomic E-state index is 11.4. The molecule has 108 valence electrons. The summed E-state index contributed by atoms with van der Waals surface area (Å²) in [5, 5.41) is 3.36. The van der Waals surface area contributed by atoms with Crippen LogP contribution in [-0.4, -0.2) is 32.2 Å². The first kappa shape index (κ1) is 16.5. The van der Waals surface area contributed by atoms with E-state index < -0.39 is 9.84 Å². The molecule has 0 saturated carbocycles. The molecule has 0 radical (unpaired) electrons. The molecule has 3 nitrogen and oxygen atoms in total. The largest absolute Gasteiger partial charge is 0.313 e. The molecule has 1 aromatic rings. The van der Waals surface area contributed by atoms with Gasteiger partial charge in [0.15, 0.2) is 9.84 Å². The molecule has 1 N–H and O–H groups in total. The van der Waals surface area contributed by atoms with Crippen molar-refractivity contribution < 1.29 is 8.42 Å². The molecule has 19 heavy (non-hydrogen) atoms. The second-order valence-electron chi connectivity index (χ2n) is 4.41. The van der Waals surface area contributed by atoms with Crippen molar-refractivity contribution in [3.63, 3.8) is 0 Å². The van der Waals surface area contributed by atoms with Crippen molar-refractivity contribution in [2.75, 3.05) is 23.8 Å². The van der Waals surface area contributed by atoms with Crippen molar-refractivity contribution in [1.82, 2.24) is 5.32 Å². The molecular formula is C14H23NO2S2. The predicted octanol–water partition coefficient (Wildman–Crippen LogP) is 2.71. The minimum atomic E-state index is -2.84. The van der Waals surface area contributed by atoms with Crippen LogP contribution in [0.5, 0.6) is 0 Å². The molecule has 0 aromatic heterocycles. The molecular weight excluding hydrogens is 278 g/mol. The minimum Gasteiger partial charge on any atom is -0.313 e. The third-order valence-corrected chi connectivity index (χ3v) is 5.76. The van der Waals surface area contributed by atoms with Crippen LogP contribution in [-0.2, 0) is 16.4 Å². The smallest absolute Gasteiger partial charge is 0.150 e. The highest BCUT2D eigenvalue weighted by Gasteiger charge is 2.06. The number of thioether (sulfide) groups is 1. The van der Waals surface area contributed by atoms with Gasteiger partial charge in [0, 0.05) is 22.9 Å². The van der Waals surface area contributed by atoms with E-state index in [-0.39, 0.29) is 11.5 Å². The van der Waals surface area contributed by atoms with Gasteiger partial charge in [0.2, 0.25) is 0 Å². The van der Waals surface area contributed by atoms with Crippen LogP contribution in [0.15, 0.2) is 29.2 Å². The molecule has 0 fully saturated rings. The predicted molar refractivity (Wildman–Crippen MR) is 83.5 cm³/mol. The summed E-state index contributed by atoms with van der Waals surface area (Å²) >= 11 is 1.60. The SMILES string of the molecule is CCCNCc1ccc(SCCS(=O)(=O)CC)cc1. The molecule has 0 aliphatic rings. The van der Waals surface area contributed by atoms with E-state index in [9.17, 15) is 8.42 Å². The Balaban J connectivity index is 2.36. The molecule has 0 amide bonds. The van der Waals surface area contributed by atoms with Gasteiger partial charge in [-0.2, -0.15) is 0 Å². The van der Waals surface area contributed by atoms with Crippen LogP contribution in [0.1, 0.15) is 25.8 Å². The van der Waals surface area contributed by atoms with Gasteiger partial charge < -0.3 is 5.32 Å². The van der Waals surface area contributed by atoms with Gasteiger partial charge in [-0.3, -0.25) is 0 Å². The van der Waals surface area contributed by atoms with Gasteiger partial charge in [0.25, 0.3) is 0 Å². The molecule has 1 rings (SSSR count). The lowest BCUT2D eigenvalue weighted by Crippen LogP contribution is -2.13. The van der Waals surface area contributed by atoms with E-state index in [1.165, 1.54) is 5.56 Å². The first-order chi connectivity index (χ1) is 9.07. The fourth-order valence-corrected chi connectivity index (χ4v) is 3.75. The third kappa shape index (κ3) is 6.99. The van der Waals surface area contributed by atoms with E-state index in [1.807, 2.05) is 0 Å². The monoisotopic (exact) mass is 301 g/mol. The van der Waals surface area contributed by atoms with E-state index >= 15 is 0 Å². The zero-order chi connectivity index (χ0) is 14.1. The average Bonchev–Trinajstić information content (AvgIpc) is 2.41. The van der Waals surface area contributed by atoms with Crippen LogP contribution in [0.2, 0.25) is 0 Å². The van der Waals surface area contributed by atoms with E-state index in [2.05, 4.69) is 36.5 Å². The Labute approximate surface area is 121 Å². The molecule has 0 atom stereocenters. The van der Waals surface area contributed by atoms with Gasteiger partial charge >= 0.3 is 0 Å². The maximum Gasteiger partial charge on any atom is 0.150 e. The molecule has 1 aromatic carbocycles. The highest BCUT2D eigenvalue weighted by molar-refractivity contribution is 8.00. The maximum absolute atomic E-state index is 11.4. The second kappa shape index (κ2) is 8.61. The zero-order valence-electron chi connectivity index (χ0n) is 11.7. The lowest BCUT2D eigenvalue weighted by Gasteiger charge is -2.05. The van der Waals surface area contributed by atoms with Crippen molar-refractivity contribution in [1.29, 1.82) is 0 Å². The Bertz CT molecular complexity index is 455. The summed E-state index contributed by atoms with van der Waals surface area (Å²) < 4.78 is 22.7. The van der Waals surface area contributed by atoms with Crippen LogP contribution in [0.25, 0.3) is 0 Å². The standard InChI is InChI=1S/C14H23NO2S2/c1-3-9-15-12-13-5-7-14(8-6-13)18-10-11-19(16,17)4-2/h5-8,15H,3-4,9-12H2,1-2H3. The molecule has 0 spiro atoms. The van der Waals surface area contributed by atoms with Gasteiger partial charge in [0.05, 0.1) is 5.75 Å². The number of hydrogen-bond acceptors (Lipinski definition) is 4. The molecule has 0 bridgehead atoms. The van der Waals surface area contributed by atoms with Gasteiger partial charge in [0.1, 0.15) is 0 Å². The first-order valence-corrected chi connectivity index (χ1v) is 9.51. The Hall–Kier alpha value is -0.520. The highest BCUT2D eigenvalue weighted by atomic mass is 32.2. The Morgan fingerprint density at radius 2 is 1.84 bits per heavy atom. The van der Waals surface area contributed by atoms with Crippen LogP contribution < -0.4 is 5.32 Å². The van der Waals surface area contributed by atoms with Gasteiger partial charge in [-0.1, -0.05) is 26.0 Å². The van der Waals surface area contributed by atoms with E-state index in [1.54, 1.807) is 18.7 Å². The van der Waals surface area contributed by atoms with Crippen LogP contribution in [0.4, 0.5) is 0 Å². The summed E-state index contributed by atoms with van der Waals surface area (Å²) in [4.78, 5) is 1.13. The topological polar surface area (TPSA) is 46.2 Å². The van der Waals surface area contributed by atoms with Crippen molar-refractivity contribution in [3.05, 3.63) is 29.8 Å². The van der Waals surface area contributed by atoms with Crippen molar-refractivity contribution in [2.45, 2.75) is 31.7 Å². The van der Waals surface area contributed by atoms with Crippen LogP contribution >= 0.6 is 11.8 Å². The Morgan fingerprint density at radius 1 is 1.16 bits per heavy atom. The summed E-state index contributed by atoms with van der Waals surface area (Å²) in [6, 6.07) is 8.32. The summed E-state index contributed by atoms with van der Waals surface area (Å²) in [5.74, 6) is 1.12. The van der Waals surface area contributed by atoms with Gasteiger partial charge in [-0.15, -0.1) is 11.8 Å². The highest BCUT2D eigenvalue weighted by Crippen LogP contribution is 2.18. The van der Waals surface area contributed by atoms with Crippen LogP contribution in [0, 0.1) is 0 Å². The number of nitrogens with one attached hydrogen (secondary N) is 1. The van der Waals surface area contributed by atoms with E-state index in [0.717, 1.165) is 24.4 Å². The fraction of sp³-hybridized carbons (Fsp3) is 0.571. The summed E-state index contributed by atoms with van der Waals surface area (Å²) in [5.41, 5.74) is 1.26. The summed E-state index contributed by atoms with van der Waals surface area (Å²) in [6.45, 7) is 5.77.